The third-order valence-corrected chi connectivity index (χ3v) is 3.98. The minimum absolute atomic E-state index is 0.411. The van der Waals surface area contributed by atoms with E-state index < -0.39 is 17.9 Å². The van der Waals surface area contributed by atoms with Crippen molar-refractivity contribution in [2.45, 2.75) is 20.0 Å². The van der Waals surface area contributed by atoms with E-state index in [4.69, 9.17) is 16.3 Å². The van der Waals surface area contributed by atoms with Gasteiger partial charge in [0.2, 0.25) is 0 Å². The number of carbonyl (C=O) groups excluding carboxylic acids is 2. The highest BCUT2D eigenvalue weighted by molar-refractivity contribution is 9.10. The van der Waals surface area contributed by atoms with E-state index in [1.54, 1.807) is 49.4 Å². The lowest BCUT2D eigenvalue weighted by molar-refractivity contribution is -0.128. The average Bonchev–Trinajstić information content (AvgIpc) is 2.55. The van der Waals surface area contributed by atoms with Crippen molar-refractivity contribution in [3.63, 3.8) is 0 Å². The first-order valence-electron chi connectivity index (χ1n) is 7.15. The summed E-state index contributed by atoms with van der Waals surface area (Å²) in [4.78, 5) is 24.0. The Labute approximate surface area is 153 Å². The predicted octanol–water partition coefficient (Wildman–Crippen LogP) is 3.64. The molecular weight excluding hydrogens is 396 g/mol. The topological polar surface area (TPSA) is 67.4 Å². The highest BCUT2D eigenvalue weighted by Gasteiger charge is 2.16. The summed E-state index contributed by atoms with van der Waals surface area (Å²) in [6.45, 7) is 3.43. The van der Waals surface area contributed by atoms with Gasteiger partial charge in [0.05, 0.1) is 0 Å². The number of rotatable bonds is 4. The summed E-state index contributed by atoms with van der Waals surface area (Å²) in [6.07, 6.45) is -0.782. The number of nitrogens with one attached hydrogen (secondary N) is 2. The minimum atomic E-state index is -0.782. The zero-order valence-electron chi connectivity index (χ0n) is 13.1. The lowest BCUT2D eigenvalue weighted by atomic mass is 10.2. The molecule has 0 fully saturated rings. The van der Waals surface area contributed by atoms with Crippen LogP contribution in [0.25, 0.3) is 0 Å². The van der Waals surface area contributed by atoms with Gasteiger partial charge in [-0.3, -0.25) is 20.4 Å². The molecule has 24 heavy (non-hydrogen) atoms. The molecule has 126 valence electrons. The van der Waals surface area contributed by atoms with Crippen molar-refractivity contribution in [1.29, 1.82) is 0 Å². The van der Waals surface area contributed by atoms with Gasteiger partial charge in [0.1, 0.15) is 5.75 Å². The highest BCUT2D eigenvalue weighted by Crippen LogP contribution is 2.22. The zero-order chi connectivity index (χ0) is 17.7. The van der Waals surface area contributed by atoms with E-state index in [0.717, 1.165) is 10.0 Å². The first kappa shape index (κ1) is 18.3. The maximum absolute atomic E-state index is 12.0. The fraction of sp³-hybridized carbons (Fsp3) is 0.176. The molecule has 2 aromatic carbocycles. The third-order valence-electron chi connectivity index (χ3n) is 3.22. The van der Waals surface area contributed by atoms with Crippen LogP contribution in [0.2, 0.25) is 5.02 Å². The van der Waals surface area contributed by atoms with E-state index in [1.165, 1.54) is 0 Å². The maximum Gasteiger partial charge on any atom is 0.279 e. The number of hydrazine groups is 1. The van der Waals surface area contributed by atoms with Crippen LogP contribution in [0.15, 0.2) is 46.9 Å². The number of carbonyl (C=O) groups is 2. The Morgan fingerprint density at radius 1 is 1.12 bits per heavy atom. The number of amides is 2. The second-order valence-corrected chi connectivity index (χ2v) is 6.47. The summed E-state index contributed by atoms with van der Waals surface area (Å²) in [6, 6.07) is 11.9. The maximum atomic E-state index is 12.0. The molecule has 1 unspecified atom stereocenters. The third kappa shape index (κ3) is 4.97. The van der Waals surface area contributed by atoms with Gasteiger partial charge in [0.25, 0.3) is 11.8 Å². The average molecular weight is 412 g/mol. The number of halogens is 2. The molecule has 5 nitrogen and oxygen atoms in total. The van der Waals surface area contributed by atoms with Crippen molar-refractivity contribution < 1.29 is 14.3 Å². The summed E-state index contributed by atoms with van der Waals surface area (Å²) < 4.78 is 6.45. The Balaban J connectivity index is 1.89. The molecule has 0 spiro atoms. The molecule has 0 aromatic heterocycles. The second-order valence-electron chi connectivity index (χ2n) is 5.12. The van der Waals surface area contributed by atoms with Crippen LogP contribution in [0, 0.1) is 6.92 Å². The normalized spacial score (nSPS) is 11.5. The fourth-order valence-electron chi connectivity index (χ4n) is 1.88. The van der Waals surface area contributed by atoms with E-state index in [-0.39, 0.29) is 0 Å². The Kier molecular flexibility index (Phi) is 6.23. The summed E-state index contributed by atoms with van der Waals surface area (Å²) in [5.41, 5.74) is 5.95. The molecule has 0 bridgehead atoms. The first-order chi connectivity index (χ1) is 11.4. The molecule has 2 rings (SSSR count). The molecule has 0 saturated heterocycles. The van der Waals surface area contributed by atoms with Gasteiger partial charge in [-0.2, -0.15) is 0 Å². The van der Waals surface area contributed by atoms with Gasteiger partial charge in [-0.05, 0) is 61.9 Å². The van der Waals surface area contributed by atoms with Gasteiger partial charge in [0, 0.05) is 15.1 Å². The molecule has 0 aliphatic heterocycles. The van der Waals surface area contributed by atoms with E-state index in [2.05, 4.69) is 26.8 Å². The van der Waals surface area contributed by atoms with Crippen LogP contribution in [0.5, 0.6) is 5.75 Å². The minimum Gasteiger partial charge on any atom is -0.481 e. The van der Waals surface area contributed by atoms with Crippen LogP contribution in [0.4, 0.5) is 0 Å². The van der Waals surface area contributed by atoms with Crippen LogP contribution in [0.3, 0.4) is 0 Å². The molecule has 0 saturated carbocycles. The number of benzene rings is 2. The monoisotopic (exact) mass is 410 g/mol. The molecule has 1 atom stereocenters. The molecule has 2 aromatic rings. The van der Waals surface area contributed by atoms with Crippen molar-refractivity contribution in [3.8, 4) is 5.75 Å². The van der Waals surface area contributed by atoms with Crippen molar-refractivity contribution >= 4 is 39.3 Å². The summed E-state index contributed by atoms with van der Waals surface area (Å²) in [7, 11) is 0. The van der Waals surface area contributed by atoms with E-state index >= 15 is 0 Å². The molecule has 7 heteroatoms. The molecule has 0 heterocycles. The largest absolute Gasteiger partial charge is 0.481 e. The second kappa shape index (κ2) is 8.17. The van der Waals surface area contributed by atoms with Crippen LogP contribution in [-0.4, -0.2) is 17.9 Å². The highest BCUT2D eigenvalue weighted by atomic mass is 79.9. The first-order valence-corrected chi connectivity index (χ1v) is 8.32. The summed E-state index contributed by atoms with van der Waals surface area (Å²) >= 11 is 9.17. The Morgan fingerprint density at radius 2 is 1.79 bits per heavy atom. The molecule has 0 aliphatic rings. The predicted molar refractivity (Wildman–Crippen MR) is 96.0 cm³/mol. The van der Waals surface area contributed by atoms with Gasteiger partial charge in [-0.25, -0.2) is 0 Å². The van der Waals surface area contributed by atoms with Crippen molar-refractivity contribution in [1.82, 2.24) is 10.9 Å². The quantitative estimate of drug-likeness (QED) is 0.755. The number of aryl methyl sites for hydroxylation is 1. The van der Waals surface area contributed by atoms with Crippen molar-refractivity contribution in [2.75, 3.05) is 0 Å². The molecule has 0 aliphatic carbocycles. The number of hydrogen-bond donors (Lipinski definition) is 2. The lowest BCUT2D eigenvalue weighted by Crippen LogP contribution is -2.47. The van der Waals surface area contributed by atoms with Gasteiger partial charge < -0.3 is 4.74 Å². The van der Waals surface area contributed by atoms with Crippen molar-refractivity contribution in [2.24, 2.45) is 0 Å². The van der Waals surface area contributed by atoms with E-state index in [9.17, 15) is 9.59 Å². The van der Waals surface area contributed by atoms with E-state index in [0.29, 0.717) is 16.3 Å². The van der Waals surface area contributed by atoms with Gasteiger partial charge in [-0.1, -0.05) is 27.5 Å². The summed E-state index contributed by atoms with van der Waals surface area (Å²) in [5, 5.41) is 0.596. The Hall–Kier alpha value is -2.05. The van der Waals surface area contributed by atoms with Crippen LogP contribution in [0.1, 0.15) is 22.8 Å². The molecule has 2 amide bonds. The lowest BCUT2D eigenvalue weighted by Gasteiger charge is -2.16. The fourth-order valence-corrected chi connectivity index (χ4v) is 2.37. The van der Waals surface area contributed by atoms with Crippen LogP contribution >= 0.6 is 27.5 Å². The number of hydrogen-bond acceptors (Lipinski definition) is 3. The Morgan fingerprint density at radius 3 is 2.42 bits per heavy atom. The smallest absolute Gasteiger partial charge is 0.279 e. The molecule has 2 N–H and O–H groups in total. The van der Waals surface area contributed by atoms with E-state index in [1.807, 2.05) is 6.92 Å². The van der Waals surface area contributed by atoms with Gasteiger partial charge >= 0.3 is 0 Å². The molecule has 0 radical (unpaired) electrons. The molecular formula is C17H16BrClN2O3. The van der Waals surface area contributed by atoms with Crippen LogP contribution < -0.4 is 15.6 Å². The number of ether oxygens (including phenoxy) is 1. The SMILES string of the molecule is Cc1cc(Cl)ccc1OC(C)C(=O)NNC(=O)c1ccc(Br)cc1. The van der Waals surface area contributed by atoms with Gasteiger partial charge in [-0.15, -0.1) is 0 Å². The summed E-state index contributed by atoms with van der Waals surface area (Å²) in [5.74, 6) is -0.318. The van der Waals surface area contributed by atoms with Crippen LogP contribution in [-0.2, 0) is 4.79 Å². The Bertz CT molecular complexity index is 750. The van der Waals surface area contributed by atoms with Gasteiger partial charge in [0.15, 0.2) is 6.10 Å². The zero-order valence-corrected chi connectivity index (χ0v) is 15.4. The van der Waals surface area contributed by atoms with Crippen molar-refractivity contribution in [3.05, 3.63) is 63.1 Å². The standard InChI is InChI=1S/C17H16BrClN2O3/c1-10-9-14(19)7-8-15(10)24-11(2)16(22)20-21-17(23)12-3-5-13(18)6-4-12/h3-9,11H,1-2H3,(H,20,22)(H,21,23).